The van der Waals surface area contributed by atoms with Crippen molar-refractivity contribution in [2.45, 2.75) is 51.9 Å². The summed E-state index contributed by atoms with van der Waals surface area (Å²) in [4.78, 5) is 26.1. The Kier molecular flexibility index (Phi) is 6.40. The molecule has 0 spiro atoms. The third-order valence-electron chi connectivity index (χ3n) is 4.29. The molecule has 3 rings (SSSR count). The second-order valence-corrected chi connectivity index (χ2v) is 6.81. The van der Waals surface area contributed by atoms with Crippen molar-refractivity contribution in [3.05, 3.63) is 18.3 Å². The van der Waals surface area contributed by atoms with E-state index < -0.39 is 0 Å². The summed E-state index contributed by atoms with van der Waals surface area (Å²) in [5.41, 5.74) is 0.625. The lowest BCUT2D eigenvalue weighted by molar-refractivity contribution is -0.0475. The molecule has 1 fully saturated rings. The molecule has 0 saturated carbocycles. The van der Waals surface area contributed by atoms with Gasteiger partial charge >= 0.3 is 12.1 Å². The maximum absolute atomic E-state index is 11.9. The molecule has 2 aromatic rings. The SMILES string of the molecule is COc1ncc(-c2noc(C(C)OC3CCN(C(=O)OC(C)C)CC3)n2)cn1. The average molecular weight is 391 g/mol. The van der Waals surface area contributed by atoms with Crippen LogP contribution in [0.1, 0.15) is 45.6 Å². The number of hydrogen-bond donors (Lipinski definition) is 0. The van der Waals surface area contributed by atoms with Gasteiger partial charge in [0.25, 0.3) is 5.89 Å². The Morgan fingerprint density at radius 2 is 1.89 bits per heavy atom. The monoisotopic (exact) mass is 391 g/mol. The second kappa shape index (κ2) is 8.96. The van der Waals surface area contributed by atoms with Crippen LogP contribution in [-0.4, -0.2) is 63.5 Å². The summed E-state index contributed by atoms with van der Waals surface area (Å²) in [7, 11) is 1.50. The molecule has 1 atom stereocenters. The second-order valence-electron chi connectivity index (χ2n) is 6.81. The van der Waals surface area contributed by atoms with E-state index in [1.807, 2.05) is 20.8 Å². The van der Waals surface area contributed by atoms with Crippen LogP contribution in [0.4, 0.5) is 4.79 Å². The number of aromatic nitrogens is 4. The molecule has 0 aliphatic carbocycles. The average Bonchev–Trinajstić information content (AvgIpc) is 3.18. The lowest BCUT2D eigenvalue weighted by Gasteiger charge is -2.32. The summed E-state index contributed by atoms with van der Waals surface area (Å²) in [6.07, 6.45) is 3.84. The lowest BCUT2D eigenvalue weighted by atomic mass is 10.1. The van der Waals surface area contributed by atoms with Gasteiger partial charge in [-0.1, -0.05) is 5.16 Å². The lowest BCUT2D eigenvalue weighted by Crippen LogP contribution is -2.42. The van der Waals surface area contributed by atoms with Gasteiger partial charge in [-0.25, -0.2) is 14.8 Å². The van der Waals surface area contributed by atoms with E-state index in [-0.39, 0.29) is 30.4 Å². The first kappa shape index (κ1) is 20.0. The Hall–Kier alpha value is -2.75. The van der Waals surface area contributed by atoms with Gasteiger partial charge in [0, 0.05) is 25.5 Å². The van der Waals surface area contributed by atoms with Gasteiger partial charge in [-0.2, -0.15) is 4.98 Å². The van der Waals surface area contributed by atoms with Crippen molar-refractivity contribution in [3.63, 3.8) is 0 Å². The fourth-order valence-electron chi connectivity index (χ4n) is 2.85. The van der Waals surface area contributed by atoms with Crippen molar-refractivity contribution in [1.29, 1.82) is 0 Å². The Morgan fingerprint density at radius 3 is 2.50 bits per heavy atom. The topological polar surface area (TPSA) is 113 Å². The minimum absolute atomic E-state index is 0.0118. The minimum Gasteiger partial charge on any atom is -0.467 e. The highest BCUT2D eigenvalue weighted by atomic mass is 16.6. The fourth-order valence-corrected chi connectivity index (χ4v) is 2.85. The third kappa shape index (κ3) is 4.94. The van der Waals surface area contributed by atoms with Crippen LogP contribution in [0.3, 0.4) is 0 Å². The van der Waals surface area contributed by atoms with Gasteiger partial charge in [-0.3, -0.25) is 0 Å². The maximum atomic E-state index is 11.9. The molecule has 2 aromatic heterocycles. The van der Waals surface area contributed by atoms with E-state index in [1.54, 1.807) is 17.3 Å². The number of nitrogens with zero attached hydrogens (tertiary/aromatic N) is 5. The highest BCUT2D eigenvalue weighted by molar-refractivity contribution is 5.67. The molecule has 10 heteroatoms. The quantitative estimate of drug-likeness (QED) is 0.733. The van der Waals surface area contributed by atoms with E-state index in [1.165, 1.54) is 7.11 Å². The maximum Gasteiger partial charge on any atom is 0.410 e. The smallest absolute Gasteiger partial charge is 0.410 e. The number of ether oxygens (including phenoxy) is 3. The summed E-state index contributed by atoms with van der Waals surface area (Å²) in [6.45, 7) is 6.74. The Morgan fingerprint density at radius 1 is 1.21 bits per heavy atom. The molecular weight excluding hydrogens is 366 g/mol. The van der Waals surface area contributed by atoms with Crippen LogP contribution in [0.25, 0.3) is 11.4 Å². The molecule has 0 aromatic carbocycles. The molecule has 1 amide bonds. The number of methoxy groups -OCH3 is 1. The predicted molar refractivity (Wildman–Crippen MR) is 97.6 cm³/mol. The minimum atomic E-state index is -0.361. The fraction of sp³-hybridized carbons (Fsp3) is 0.611. The number of rotatable bonds is 6. The van der Waals surface area contributed by atoms with Crippen LogP contribution in [-0.2, 0) is 9.47 Å². The van der Waals surface area contributed by atoms with Crippen molar-refractivity contribution < 1.29 is 23.5 Å². The number of hydrogen-bond acceptors (Lipinski definition) is 9. The molecule has 1 aliphatic rings. The van der Waals surface area contributed by atoms with E-state index in [0.29, 0.717) is 30.4 Å². The van der Waals surface area contributed by atoms with Gasteiger partial charge in [-0.05, 0) is 33.6 Å². The highest BCUT2D eigenvalue weighted by Crippen LogP contribution is 2.25. The molecule has 152 valence electrons. The zero-order chi connectivity index (χ0) is 20.1. The van der Waals surface area contributed by atoms with Crippen molar-refractivity contribution in [1.82, 2.24) is 25.0 Å². The number of piperidine rings is 1. The molecule has 0 radical (unpaired) electrons. The number of carbonyl (C=O) groups excluding carboxylic acids is 1. The highest BCUT2D eigenvalue weighted by Gasteiger charge is 2.27. The molecule has 1 unspecified atom stereocenters. The van der Waals surface area contributed by atoms with Gasteiger partial charge in [-0.15, -0.1) is 0 Å². The Balaban J connectivity index is 1.52. The molecule has 0 bridgehead atoms. The van der Waals surface area contributed by atoms with Crippen LogP contribution in [0, 0.1) is 0 Å². The number of carbonyl (C=O) groups is 1. The Bertz CT molecular complexity index is 771. The van der Waals surface area contributed by atoms with Crippen molar-refractivity contribution in [3.8, 4) is 17.4 Å². The first-order valence-electron chi connectivity index (χ1n) is 9.27. The summed E-state index contributed by atoms with van der Waals surface area (Å²) >= 11 is 0. The van der Waals surface area contributed by atoms with E-state index in [2.05, 4.69) is 20.1 Å². The predicted octanol–water partition coefficient (Wildman–Crippen LogP) is 2.62. The summed E-state index contributed by atoms with van der Waals surface area (Å²) in [6, 6.07) is 0.271. The van der Waals surface area contributed by atoms with Crippen LogP contribution in [0.15, 0.2) is 16.9 Å². The van der Waals surface area contributed by atoms with E-state index in [9.17, 15) is 4.79 Å². The van der Waals surface area contributed by atoms with Crippen molar-refractivity contribution >= 4 is 6.09 Å². The van der Waals surface area contributed by atoms with E-state index >= 15 is 0 Å². The van der Waals surface area contributed by atoms with Gasteiger partial charge in [0.15, 0.2) is 0 Å². The largest absolute Gasteiger partial charge is 0.467 e. The van der Waals surface area contributed by atoms with Gasteiger partial charge in [0.1, 0.15) is 6.10 Å². The van der Waals surface area contributed by atoms with E-state index in [4.69, 9.17) is 18.7 Å². The molecule has 1 aliphatic heterocycles. The van der Waals surface area contributed by atoms with Crippen LogP contribution in [0.2, 0.25) is 0 Å². The van der Waals surface area contributed by atoms with Gasteiger partial charge in [0.05, 0.1) is 24.9 Å². The summed E-state index contributed by atoms with van der Waals surface area (Å²) in [5, 5.41) is 3.96. The number of amides is 1. The normalized spacial score (nSPS) is 16.2. The molecule has 1 saturated heterocycles. The zero-order valence-corrected chi connectivity index (χ0v) is 16.5. The van der Waals surface area contributed by atoms with Crippen LogP contribution >= 0.6 is 0 Å². The van der Waals surface area contributed by atoms with Gasteiger partial charge in [0.2, 0.25) is 5.82 Å². The van der Waals surface area contributed by atoms with Crippen molar-refractivity contribution in [2.75, 3.05) is 20.2 Å². The molecule has 0 N–H and O–H groups in total. The third-order valence-corrected chi connectivity index (χ3v) is 4.29. The zero-order valence-electron chi connectivity index (χ0n) is 16.5. The van der Waals surface area contributed by atoms with E-state index in [0.717, 1.165) is 12.8 Å². The number of likely N-dealkylation sites (tertiary alicyclic amines) is 1. The molecular formula is C18H25N5O5. The molecule has 3 heterocycles. The molecule has 10 nitrogen and oxygen atoms in total. The first-order valence-corrected chi connectivity index (χ1v) is 9.27. The van der Waals surface area contributed by atoms with Crippen molar-refractivity contribution in [2.24, 2.45) is 0 Å². The van der Waals surface area contributed by atoms with Gasteiger partial charge < -0.3 is 23.6 Å². The Labute approximate surface area is 163 Å². The van der Waals surface area contributed by atoms with Crippen LogP contribution < -0.4 is 4.74 Å². The first-order chi connectivity index (χ1) is 13.5. The molecule has 28 heavy (non-hydrogen) atoms. The van der Waals surface area contributed by atoms with Crippen LogP contribution in [0.5, 0.6) is 6.01 Å². The summed E-state index contributed by atoms with van der Waals surface area (Å²) in [5.74, 6) is 0.770. The summed E-state index contributed by atoms with van der Waals surface area (Å²) < 4.78 is 21.5. The standard InChI is InChI=1S/C18H25N5O5/c1-11(2)26-18(24)23-7-5-14(6-8-23)27-12(3)16-21-15(22-28-16)13-9-19-17(25-4)20-10-13/h9-12,14H,5-8H2,1-4H3.